The van der Waals surface area contributed by atoms with E-state index in [-0.39, 0.29) is 29.4 Å². The minimum absolute atomic E-state index is 0.0622. The summed E-state index contributed by atoms with van der Waals surface area (Å²) in [5.41, 5.74) is 1.60. The first-order valence-corrected chi connectivity index (χ1v) is 8.56. The number of nitrogens with one attached hydrogen (secondary N) is 1. The van der Waals surface area contributed by atoms with Crippen LogP contribution in [0.2, 0.25) is 0 Å². The standard InChI is InChI=1S/C20H19F2NO5/c1-3-11-6-14-12(7-19(25)27-17(14)9-15(11)24)10-23-13-4-5-16(26-2)18(8-13)28-20(21)22/h4-9,20,23-24H,3,10H2,1-2H3. The number of aromatic hydroxyl groups is 1. The molecule has 2 N–H and O–H groups in total. The normalized spacial score (nSPS) is 11.0. The number of hydrogen-bond donors (Lipinski definition) is 2. The number of hydrogen-bond acceptors (Lipinski definition) is 6. The molecule has 0 aliphatic heterocycles. The molecule has 3 aromatic rings. The summed E-state index contributed by atoms with van der Waals surface area (Å²) < 4.78 is 39.8. The number of anilines is 1. The highest BCUT2D eigenvalue weighted by atomic mass is 19.3. The van der Waals surface area contributed by atoms with Gasteiger partial charge in [-0.1, -0.05) is 6.92 Å². The molecule has 8 heteroatoms. The topological polar surface area (TPSA) is 80.9 Å². The number of phenolic OH excluding ortho intramolecular Hbond substituents is 1. The summed E-state index contributed by atoms with van der Waals surface area (Å²) >= 11 is 0. The predicted octanol–water partition coefficient (Wildman–Crippen LogP) is 4.28. The van der Waals surface area contributed by atoms with Gasteiger partial charge in [0.15, 0.2) is 11.5 Å². The maximum absolute atomic E-state index is 12.6. The molecule has 0 aliphatic rings. The molecule has 28 heavy (non-hydrogen) atoms. The van der Waals surface area contributed by atoms with Crippen LogP contribution in [0.1, 0.15) is 18.1 Å². The third-order valence-corrected chi connectivity index (χ3v) is 4.27. The Kier molecular flexibility index (Phi) is 5.67. The Balaban J connectivity index is 1.92. The van der Waals surface area contributed by atoms with Crippen LogP contribution in [0, 0.1) is 0 Å². The average Bonchev–Trinajstić information content (AvgIpc) is 2.65. The van der Waals surface area contributed by atoms with Crippen LogP contribution in [0.3, 0.4) is 0 Å². The fourth-order valence-electron chi connectivity index (χ4n) is 2.91. The van der Waals surface area contributed by atoms with Crippen molar-refractivity contribution in [2.24, 2.45) is 0 Å². The van der Waals surface area contributed by atoms with Crippen LogP contribution in [0.4, 0.5) is 14.5 Å². The summed E-state index contributed by atoms with van der Waals surface area (Å²) in [7, 11) is 1.36. The Hall–Kier alpha value is -3.29. The van der Waals surface area contributed by atoms with Crippen molar-refractivity contribution < 1.29 is 27.8 Å². The summed E-state index contributed by atoms with van der Waals surface area (Å²) in [6, 6.07) is 9.08. The van der Waals surface area contributed by atoms with Gasteiger partial charge in [-0.05, 0) is 35.7 Å². The number of phenols is 1. The number of ether oxygens (including phenoxy) is 2. The molecule has 0 saturated carbocycles. The second-order valence-corrected chi connectivity index (χ2v) is 6.02. The van der Waals surface area contributed by atoms with E-state index < -0.39 is 12.2 Å². The van der Waals surface area contributed by atoms with Crippen molar-refractivity contribution >= 4 is 16.7 Å². The molecule has 2 aromatic carbocycles. The van der Waals surface area contributed by atoms with E-state index in [0.29, 0.717) is 23.1 Å². The molecule has 3 rings (SSSR count). The third kappa shape index (κ3) is 4.16. The summed E-state index contributed by atoms with van der Waals surface area (Å²) in [5.74, 6) is 0.144. The first kappa shape index (κ1) is 19.5. The van der Waals surface area contributed by atoms with Gasteiger partial charge in [-0.2, -0.15) is 8.78 Å². The lowest BCUT2D eigenvalue weighted by Gasteiger charge is -2.14. The molecule has 1 heterocycles. The molecule has 6 nitrogen and oxygen atoms in total. The van der Waals surface area contributed by atoms with Crippen molar-refractivity contribution in [3.05, 3.63) is 57.9 Å². The van der Waals surface area contributed by atoms with Crippen molar-refractivity contribution in [3.8, 4) is 17.2 Å². The summed E-state index contributed by atoms with van der Waals surface area (Å²) in [5, 5.41) is 13.7. The number of methoxy groups -OCH3 is 1. The first-order valence-electron chi connectivity index (χ1n) is 8.56. The Morgan fingerprint density at radius 3 is 2.61 bits per heavy atom. The highest BCUT2D eigenvalue weighted by molar-refractivity contribution is 5.83. The summed E-state index contributed by atoms with van der Waals surface area (Å²) in [6.45, 7) is -0.844. The Labute approximate surface area is 159 Å². The van der Waals surface area contributed by atoms with E-state index in [9.17, 15) is 18.7 Å². The zero-order chi connectivity index (χ0) is 20.3. The van der Waals surface area contributed by atoms with E-state index in [1.165, 1.54) is 31.4 Å². The van der Waals surface area contributed by atoms with Gasteiger partial charge in [0.2, 0.25) is 0 Å². The predicted molar refractivity (Wildman–Crippen MR) is 100 cm³/mol. The number of fused-ring (bicyclic) bond motifs is 1. The van der Waals surface area contributed by atoms with Gasteiger partial charge in [0.05, 0.1) is 7.11 Å². The molecule has 1 aromatic heterocycles. The lowest BCUT2D eigenvalue weighted by atomic mass is 10.0. The zero-order valence-electron chi connectivity index (χ0n) is 15.3. The maximum atomic E-state index is 12.6. The van der Waals surface area contributed by atoms with Gasteiger partial charge in [0, 0.05) is 35.8 Å². The first-order chi connectivity index (χ1) is 13.4. The van der Waals surface area contributed by atoms with Gasteiger partial charge < -0.3 is 24.3 Å². The van der Waals surface area contributed by atoms with E-state index in [1.54, 1.807) is 12.1 Å². The fraction of sp³-hybridized carbons (Fsp3) is 0.250. The van der Waals surface area contributed by atoms with E-state index in [2.05, 4.69) is 10.1 Å². The minimum atomic E-state index is -2.98. The van der Waals surface area contributed by atoms with E-state index in [0.717, 1.165) is 5.56 Å². The van der Waals surface area contributed by atoms with Crippen LogP contribution in [0.5, 0.6) is 17.2 Å². The van der Waals surface area contributed by atoms with E-state index in [4.69, 9.17) is 9.15 Å². The Morgan fingerprint density at radius 1 is 1.14 bits per heavy atom. The SMILES string of the molecule is CCc1cc2c(CNc3ccc(OC)c(OC(F)F)c3)cc(=O)oc2cc1O. The van der Waals surface area contributed by atoms with Gasteiger partial charge in [0.1, 0.15) is 11.3 Å². The van der Waals surface area contributed by atoms with Crippen molar-refractivity contribution in [2.45, 2.75) is 26.5 Å². The molecule has 0 spiro atoms. The molecule has 0 radical (unpaired) electrons. The molecule has 0 aliphatic carbocycles. The molecule has 148 valence electrons. The fourth-order valence-corrected chi connectivity index (χ4v) is 2.91. The van der Waals surface area contributed by atoms with Crippen molar-refractivity contribution in [1.82, 2.24) is 0 Å². The van der Waals surface area contributed by atoms with Crippen molar-refractivity contribution in [3.63, 3.8) is 0 Å². The second-order valence-electron chi connectivity index (χ2n) is 6.02. The van der Waals surface area contributed by atoms with Gasteiger partial charge in [0.25, 0.3) is 0 Å². The number of alkyl halides is 2. The Morgan fingerprint density at radius 2 is 1.93 bits per heavy atom. The van der Waals surface area contributed by atoms with Crippen molar-refractivity contribution in [2.75, 3.05) is 12.4 Å². The molecule has 0 saturated heterocycles. The third-order valence-electron chi connectivity index (χ3n) is 4.27. The summed E-state index contributed by atoms with van der Waals surface area (Å²) in [6.07, 6.45) is 0.612. The van der Waals surface area contributed by atoms with E-state index >= 15 is 0 Å². The molecule has 0 fully saturated rings. The minimum Gasteiger partial charge on any atom is -0.508 e. The van der Waals surface area contributed by atoms with Crippen molar-refractivity contribution in [1.29, 1.82) is 0 Å². The second kappa shape index (κ2) is 8.16. The number of aryl methyl sites for hydroxylation is 1. The van der Waals surface area contributed by atoms with Gasteiger partial charge in [-0.25, -0.2) is 4.79 Å². The van der Waals surface area contributed by atoms with Crippen LogP contribution in [-0.2, 0) is 13.0 Å². The zero-order valence-corrected chi connectivity index (χ0v) is 15.3. The molecule has 0 unspecified atom stereocenters. The summed E-state index contributed by atoms with van der Waals surface area (Å²) in [4.78, 5) is 11.8. The molecular formula is C20H19F2NO5. The number of halogens is 2. The van der Waals surface area contributed by atoms with Crippen LogP contribution < -0.4 is 20.4 Å². The lowest BCUT2D eigenvalue weighted by Crippen LogP contribution is -2.07. The van der Waals surface area contributed by atoms with Gasteiger partial charge >= 0.3 is 12.2 Å². The smallest absolute Gasteiger partial charge is 0.387 e. The molecular weight excluding hydrogens is 372 g/mol. The van der Waals surface area contributed by atoms with Gasteiger partial charge in [-0.15, -0.1) is 0 Å². The van der Waals surface area contributed by atoms with Gasteiger partial charge in [-0.3, -0.25) is 0 Å². The Bertz CT molecular complexity index is 1050. The molecule has 0 atom stereocenters. The highest BCUT2D eigenvalue weighted by Crippen LogP contribution is 2.32. The highest BCUT2D eigenvalue weighted by Gasteiger charge is 2.13. The van der Waals surface area contributed by atoms with Crippen LogP contribution >= 0.6 is 0 Å². The van der Waals surface area contributed by atoms with Crippen LogP contribution in [-0.4, -0.2) is 18.8 Å². The molecule has 0 bridgehead atoms. The number of benzene rings is 2. The van der Waals surface area contributed by atoms with E-state index in [1.807, 2.05) is 6.92 Å². The average molecular weight is 391 g/mol. The largest absolute Gasteiger partial charge is 0.508 e. The van der Waals surface area contributed by atoms with Crippen LogP contribution in [0.15, 0.2) is 45.6 Å². The molecule has 0 amide bonds. The lowest BCUT2D eigenvalue weighted by molar-refractivity contribution is -0.0511. The monoisotopic (exact) mass is 391 g/mol. The maximum Gasteiger partial charge on any atom is 0.387 e. The quantitative estimate of drug-likeness (QED) is 0.585. The van der Waals surface area contributed by atoms with Crippen LogP contribution in [0.25, 0.3) is 11.0 Å². The number of rotatable bonds is 7.